The number of nitrogens with zero attached hydrogens (tertiary/aromatic N) is 3. The Balaban J connectivity index is 1.70. The molecule has 0 saturated carbocycles. The van der Waals surface area contributed by atoms with E-state index in [1.54, 1.807) is 28.4 Å². The van der Waals surface area contributed by atoms with Gasteiger partial charge in [-0.25, -0.2) is 4.98 Å². The van der Waals surface area contributed by atoms with Gasteiger partial charge in [0.25, 0.3) is 5.91 Å². The number of benzene rings is 2. The number of aromatic nitrogens is 1. The second-order valence-electron chi connectivity index (χ2n) is 10.5. The van der Waals surface area contributed by atoms with Crippen LogP contribution in [0.15, 0.2) is 41.8 Å². The summed E-state index contributed by atoms with van der Waals surface area (Å²) in [5.74, 6) is 2.81. The fraction of sp³-hybridized carbons (Fsp3) is 0.515. The SMILES string of the molecule is CCN(CC)CCCC(C)NC(=O)c1csc(CN(CCc2ccc(OC)c(OC)c2)Cc2ccc(OC)cc2OC)n1. The molecular formula is C33H48N4O5S. The average Bonchev–Trinajstić information content (AvgIpc) is 3.50. The Bertz CT molecular complexity index is 1280. The van der Waals surface area contributed by atoms with Gasteiger partial charge in [-0.2, -0.15) is 0 Å². The normalized spacial score (nSPS) is 11.9. The van der Waals surface area contributed by atoms with Crippen molar-refractivity contribution in [1.82, 2.24) is 20.1 Å². The quantitative estimate of drug-likeness (QED) is 0.186. The third-order valence-electron chi connectivity index (χ3n) is 7.58. The highest BCUT2D eigenvalue weighted by Crippen LogP contribution is 2.29. The van der Waals surface area contributed by atoms with Crippen LogP contribution in [-0.2, 0) is 19.5 Å². The number of amides is 1. The Kier molecular flexibility index (Phi) is 14.1. The molecule has 1 amide bonds. The van der Waals surface area contributed by atoms with Gasteiger partial charge in [0.15, 0.2) is 11.5 Å². The van der Waals surface area contributed by atoms with Gasteiger partial charge in [0.05, 0.1) is 35.0 Å². The summed E-state index contributed by atoms with van der Waals surface area (Å²) in [7, 11) is 6.60. The minimum absolute atomic E-state index is 0.0914. The summed E-state index contributed by atoms with van der Waals surface area (Å²) in [6.45, 7) is 11.6. The summed E-state index contributed by atoms with van der Waals surface area (Å²) < 4.78 is 22.0. The number of thiazole rings is 1. The van der Waals surface area contributed by atoms with Crippen LogP contribution >= 0.6 is 11.3 Å². The Labute approximate surface area is 261 Å². The van der Waals surface area contributed by atoms with Crippen LogP contribution in [0.25, 0.3) is 0 Å². The molecule has 0 fully saturated rings. The molecule has 0 spiro atoms. The van der Waals surface area contributed by atoms with Gasteiger partial charge in [0, 0.05) is 36.1 Å². The molecule has 0 radical (unpaired) electrons. The maximum atomic E-state index is 13.0. The lowest BCUT2D eigenvalue weighted by molar-refractivity contribution is 0.0932. The lowest BCUT2D eigenvalue weighted by Gasteiger charge is -2.23. The lowest BCUT2D eigenvalue weighted by atomic mass is 10.1. The summed E-state index contributed by atoms with van der Waals surface area (Å²) >= 11 is 1.51. The fourth-order valence-electron chi connectivity index (χ4n) is 4.97. The monoisotopic (exact) mass is 612 g/mol. The number of carbonyl (C=O) groups is 1. The number of methoxy groups -OCH3 is 4. The van der Waals surface area contributed by atoms with Crippen LogP contribution in [0.2, 0.25) is 0 Å². The van der Waals surface area contributed by atoms with Crippen molar-refractivity contribution in [3.8, 4) is 23.0 Å². The zero-order chi connectivity index (χ0) is 31.2. The number of rotatable bonds is 19. The third kappa shape index (κ3) is 10.4. The summed E-state index contributed by atoms with van der Waals surface area (Å²) in [6.07, 6.45) is 2.78. The standard InChI is InChI=1S/C33H48N4O5S/c1-8-36(9-2)17-10-11-24(3)34-33(38)28-23-43-32(35-28)22-37(21-26-13-14-27(39-4)20-30(26)41-6)18-16-25-12-15-29(40-5)31(19-25)42-7/h12-15,19-20,23-24H,8-11,16-18,21-22H2,1-7H3,(H,34,38). The van der Waals surface area contributed by atoms with E-state index in [0.29, 0.717) is 30.3 Å². The van der Waals surface area contributed by atoms with Gasteiger partial charge < -0.3 is 29.2 Å². The van der Waals surface area contributed by atoms with Gasteiger partial charge in [0.2, 0.25) is 0 Å². The van der Waals surface area contributed by atoms with Crippen LogP contribution in [0.5, 0.6) is 23.0 Å². The van der Waals surface area contributed by atoms with Crippen molar-refractivity contribution in [2.45, 2.75) is 59.2 Å². The van der Waals surface area contributed by atoms with Crippen LogP contribution in [-0.4, -0.2) is 81.4 Å². The van der Waals surface area contributed by atoms with E-state index in [0.717, 1.165) is 73.1 Å². The largest absolute Gasteiger partial charge is 0.497 e. The van der Waals surface area contributed by atoms with Gasteiger partial charge in [-0.05, 0) is 69.6 Å². The molecule has 3 rings (SSSR count). The molecule has 3 aromatic rings. The van der Waals surface area contributed by atoms with Gasteiger partial charge in [-0.15, -0.1) is 11.3 Å². The van der Waals surface area contributed by atoms with Crippen LogP contribution in [0.1, 0.15) is 60.2 Å². The highest BCUT2D eigenvalue weighted by molar-refractivity contribution is 7.09. The van der Waals surface area contributed by atoms with E-state index in [9.17, 15) is 4.79 Å². The van der Waals surface area contributed by atoms with E-state index in [2.05, 4.69) is 42.0 Å². The Morgan fingerprint density at radius 1 is 0.884 bits per heavy atom. The molecule has 236 valence electrons. The maximum absolute atomic E-state index is 13.0. The number of nitrogens with one attached hydrogen (secondary N) is 1. The molecule has 0 bridgehead atoms. The lowest BCUT2D eigenvalue weighted by Crippen LogP contribution is -2.34. The van der Waals surface area contributed by atoms with Crippen molar-refractivity contribution >= 4 is 17.2 Å². The smallest absolute Gasteiger partial charge is 0.270 e. The van der Waals surface area contributed by atoms with Crippen LogP contribution in [0, 0.1) is 0 Å². The van der Waals surface area contributed by atoms with Crippen LogP contribution < -0.4 is 24.3 Å². The first-order valence-electron chi connectivity index (χ1n) is 15.0. The van der Waals surface area contributed by atoms with Gasteiger partial charge in [-0.3, -0.25) is 9.69 Å². The number of hydrogen-bond acceptors (Lipinski definition) is 9. The molecule has 0 aliphatic carbocycles. The molecule has 43 heavy (non-hydrogen) atoms. The van der Waals surface area contributed by atoms with E-state index in [1.807, 2.05) is 35.7 Å². The molecule has 1 atom stereocenters. The number of ether oxygens (including phenoxy) is 4. The first-order valence-corrected chi connectivity index (χ1v) is 15.8. The van der Waals surface area contributed by atoms with E-state index in [-0.39, 0.29) is 11.9 Å². The van der Waals surface area contributed by atoms with E-state index >= 15 is 0 Å². The fourth-order valence-corrected chi connectivity index (χ4v) is 5.79. The zero-order valence-corrected chi connectivity index (χ0v) is 27.6. The highest BCUT2D eigenvalue weighted by Gasteiger charge is 2.18. The molecule has 10 heteroatoms. The molecule has 0 saturated heterocycles. The summed E-state index contributed by atoms with van der Waals surface area (Å²) in [5.41, 5.74) is 2.65. The van der Waals surface area contributed by atoms with Crippen LogP contribution in [0.4, 0.5) is 0 Å². The zero-order valence-electron chi connectivity index (χ0n) is 26.8. The maximum Gasteiger partial charge on any atom is 0.270 e. The molecule has 0 aliphatic heterocycles. The minimum atomic E-state index is -0.119. The van der Waals surface area contributed by atoms with Crippen molar-refractivity contribution < 1.29 is 23.7 Å². The van der Waals surface area contributed by atoms with Crippen molar-refractivity contribution in [3.63, 3.8) is 0 Å². The van der Waals surface area contributed by atoms with Gasteiger partial charge in [-0.1, -0.05) is 26.0 Å². The molecule has 1 N–H and O–H groups in total. The molecule has 2 aromatic carbocycles. The molecule has 0 aliphatic rings. The van der Waals surface area contributed by atoms with E-state index in [4.69, 9.17) is 23.9 Å². The first kappa shape index (κ1) is 34.2. The van der Waals surface area contributed by atoms with Crippen molar-refractivity contribution in [3.05, 3.63) is 63.6 Å². The summed E-state index contributed by atoms with van der Waals surface area (Å²) in [4.78, 5) is 22.4. The molecule has 1 aromatic heterocycles. The van der Waals surface area contributed by atoms with Crippen LogP contribution in [0.3, 0.4) is 0 Å². The first-order chi connectivity index (χ1) is 20.8. The Hall–Kier alpha value is -3.34. The van der Waals surface area contributed by atoms with Gasteiger partial charge >= 0.3 is 0 Å². The minimum Gasteiger partial charge on any atom is -0.497 e. The second-order valence-corrected chi connectivity index (χ2v) is 11.4. The summed E-state index contributed by atoms with van der Waals surface area (Å²) in [5, 5.41) is 5.87. The van der Waals surface area contributed by atoms with Crippen molar-refractivity contribution in [2.24, 2.45) is 0 Å². The van der Waals surface area contributed by atoms with E-state index in [1.165, 1.54) is 11.3 Å². The highest BCUT2D eigenvalue weighted by atomic mass is 32.1. The van der Waals surface area contributed by atoms with E-state index < -0.39 is 0 Å². The van der Waals surface area contributed by atoms with Crippen molar-refractivity contribution in [1.29, 1.82) is 0 Å². The summed E-state index contributed by atoms with van der Waals surface area (Å²) in [6, 6.07) is 12.0. The van der Waals surface area contributed by atoms with Gasteiger partial charge in [0.1, 0.15) is 22.2 Å². The predicted molar refractivity (Wildman–Crippen MR) is 173 cm³/mol. The molecule has 1 unspecified atom stereocenters. The second kappa shape index (κ2) is 17.7. The average molecular weight is 613 g/mol. The Morgan fingerprint density at radius 3 is 2.30 bits per heavy atom. The predicted octanol–water partition coefficient (Wildman–Crippen LogP) is 5.66. The number of carbonyl (C=O) groups excluding carboxylic acids is 1. The molecule has 1 heterocycles. The molecular weight excluding hydrogens is 564 g/mol. The third-order valence-corrected chi connectivity index (χ3v) is 8.41. The topological polar surface area (TPSA) is 85.4 Å². The Morgan fingerprint density at radius 2 is 1.63 bits per heavy atom. The molecule has 9 nitrogen and oxygen atoms in total. The number of hydrogen-bond donors (Lipinski definition) is 1. The van der Waals surface area contributed by atoms with Crippen molar-refractivity contribution in [2.75, 3.05) is 54.6 Å².